The second-order valence-corrected chi connectivity index (χ2v) is 4.33. The highest BCUT2D eigenvalue weighted by Crippen LogP contribution is 2.15. The van der Waals surface area contributed by atoms with Crippen LogP contribution in [0, 0.1) is 0 Å². The van der Waals surface area contributed by atoms with E-state index in [4.69, 9.17) is 16.7 Å². The zero-order chi connectivity index (χ0) is 13.0. The molecular weight excluding hydrogens is 254 g/mol. The number of aromatic nitrogens is 3. The van der Waals surface area contributed by atoms with Crippen LogP contribution in [0.2, 0.25) is 5.02 Å². The number of aliphatic hydroxyl groups is 2. The number of hydrogen-bond donors (Lipinski definition) is 2. The summed E-state index contributed by atoms with van der Waals surface area (Å²) in [5.41, 5.74) is 2.41. The van der Waals surface area contributed by atoms with Crippen molar-refractivity contribution in [3.05, 3.63) is 46.2 Å². The predicted molar refractivity (Wildman–Crippen MR) is 67.3 cm³/mol. The molecule has 0 fully saturated rings. The van der Waals surface area contributed by atoms with E-state index >= 15 is 0 Å². The van der Waals surface area contributed by atoms with Crippen LogP contribution in [0.25, 0.3) is 0 Å². The Morgan fingerprint density at radius 1 is 1.17 bits per heavy atom. The minimum Gasteiger partial charge on any atom is -0.394 e. The Bertz CT molecular complexity index is 511. The first-order valence-corrected chi connectivity index (χ1v) is 5.99. The van der Waals surface area contributed by atoms with E-state index in [1.165, 1.54) is 0 Å². The van der Waals surface area contributed by atoms with Crippen LogP contribution >= 0.6 is 11.6 Å². The van der Waals surface area contributed by atoms with Gasteiger partial charge in [-0.05, 0) is 17.7 Å². The van der Waals surface area contributed by atoms with E-state index < -0.39 is 0 Å². The molecule has 0 atom stereocenters. The fraction of sp³-hybridized carbons (Fsp3) is 0.333. The van der Waals surface area contributed by atoms with Gasteiger partial charge in [-0.25, -0.2) is 4.68 Å². The van der Waals surface area contributed by atoms with Gasteiger partial charge in [0.15, 0.2) is 0 Å². The molecule has 2 rings (SSSR count). The van der Waals surface area contributed by atoms with Crippen LogP contribution in [-0.4, -0.2) is 31.8 Å². The summed E-state index contributed by atoms with van der Waals surface area (Å²) < 4.78 is 1.61. The molecule has 0 bridgehead atoms. The van der Waals surface area contributed by atoms with Crippen LogP contribution in [0.5, 0.6) is 0 Å². The lowest BCUT2D eigenvalue weighted by molar-refractivity contribution is 0.265. The number of nitrogens with zero attached hydrogens (tertiary/aromatic N) is 3. The molecule has 0 unspecified atom stereocenters. The maximum Gasteiger partial charge on any atom is 0.112 e. The zero-order valence-corrected chi connectivity index (χ0v) is 10.5. The molecule has 5 nitrogen and oxygen atoms in total. The summed E-state index contributed by atoms with van der Waals surface area (Å²) in [6, 6.07) is 7.46. The molecule has 6 heteroatoms. The fourth-order valence-electron chi connectivity index (χ4n) is 1.75. The topological polar surface area (TPSA) is 71.2 Å². The minimum atomic E-state index is -0.158. The first-order valence-electron chi connectivity index (χ1n) is 5.62. The third-order valence-corrected chi connectivity index (χ3v) is 2.92. The van der Waals surface area contributed by atoms with E-state index in [2.05, 4.69) is 10.3 Å². The van der Waals surface area contributed by atoms with Gasteiger partial charge in [0.25, 0.3) is 0 Å². The number of rotatable bonds is 5. The van der Waals surface area contributed by atoms with Crippen molar-refractivity contribution < 1.29 is 10.2 Å². The highest BCUT2D eigenvalue weighted by Gasteiger charge is 2.12. The van der Waals surface area contributed by atoms with Crippen LogP contribution in [0.1, 0.15) is 17.0 Å². The lowest BCUT2D eigenvalue weighted by Gasteiger charge is -2.06. The summed E-state index contributed by atoms with van der Waals surface area (Å²) in [5, 5.41) is 26.7. The number of benzene rings is 1. The monoisotopic (exact) mass is 267 g/mol. The third-order valence-electron chi connectivity index (χ3n) is 2.66. The first-order chi connectivity index (χ1) is 8.74. The summed E-state index contributed by atoms with van der Waals surface area (Å²) in [7, 11) is 0. The van der Waals surface area contributed by atoms with E-state index in [0.29, 0.717) is 23.7 Å². The van der Waals surface area contributed by atoms with Crippen LogP contribution in [0.3, 0.4) is 0 Å². The van der Waals surface area contributed by atoms with Gasteiger partial charge in [0.05, 0.1) is 25.5 Å². The fourth-order valence-corrected chi connectivity index (χ4v) is 1.88. The summed E-state index contributed by atoms with van der Waals surface area (Å²) >= 11 is 5.83. The van der Waals surface area contributed by atoms with Crippen molar-refractivity contribution in [1.29, 1.82) is 0 Å². The second-order valence-electron chi connectivity index (χ2n) is 3.89. The van der Waals surface area contributed by atoms with E-state index in [1.807, 2.05) is 24.3 Å². The molecule has 0 spiro atoms. The van der Waals surface area contributed by atoms with Crippen LogP contribution in [0.15, 0.2) is 24.3 Å². The molecule has 0 aliphatic heterocycles. The Balaban J connectivity index is 2.26. The van der Waals surface area contributed by atoms with Gasteiger partial charge < -0.3 is 10.2 Å². The SMILES string of the molecule is OCCn1nnc(CO)c1Cc1ccc(Cl)cc1. The molecule has 1 aromatic carbocycles. The summed E-state index contributed by atoms with van der Waals surface area (Å²) in [5.74, 6) is 0. The van der Waals surface area contributed by atoms with Crippen LogP contribution in [0.4, 0.5) is 0 Å². The standard InChI is InChI=1S/C12H14ClN3O2/c13-10-3-1-9(2-4-10)7-12-11(8-18)14-15-16(12)5-6-17/h1-4,17-18H,5-8H2. The maximum absolute atomic E-state index is 9.22. The quantitative estimate of drug-likeness (QED) is 0.848. The van der Waals surface area contributed by atoms with Gasteiger partial charge in [0, 0.05) is 11.4 Å². The van der Waals surface area contributed by atoms with Crippen molar-refractivity contribution in [2.24, 2.45) is 0 Å². The summed E-state index contributed by atoms with van der Waals surface area (Å²) in [4.78, 5) is 0. The maximum atomic E-state index is 9.22. The lowest BCUT2D eigenvalue weighted by atomic mass is 10.1. The van der Waals surface area contributed by atoms with Crippen LogP contribution < -0.4 is 0 Å². The molecule has 1 aromatic heterocycles. The molecule has 1 heterocycles. The van der Waals surface area contributed by atoms with Gasteiger partial charge >= 0.3 is 0 Å². The number of aliphatic hydroxyl groups excluding tert-OH is 2. The smallest absolute Gasteiger partial charge is 0.112 e. The van der Waals surface area contributed by atoms with Gasteiger partial charge in [-0.1, -0.05) is 28.9 Å². The van der Waals surface area contributed by atoms with Crippen molar-refractivity contribution in [2.45, 2.75) is 19.6 Å². The Morgan fingerprint density at radius 2 is 1.89 bits per heavy atom. The zero-order valence-electron chi connectivity index (χ0n) is 9.75. The molecule has 96 valence electrons. The molecule has 2 aromatic rings. The molecular formula is C12H14ClN3O2. The van der Waals surface area contributed by atoms with Gasteiger partial charge in [-0.15, -0.1) is 5.10 Å². The van der Waals surface area contributed by atoms with E-state index in [-0.39, 0.29) is 13.2 Å². The lowest BCUT2D eigenvalue weighted by Crippen LogP contribution is -2.09. The number of hydrogen-bond acceptors (Lipinski definition) is 4. The normalized spacial score (nSPS) is 10.8. The van der Waals surface area contributed by atoms with E-state index in [0.717, 1.165) is 11.3 Å². The van der Waals surface area contributed by atoms with Crippen molar-refractivity contribution in [2.75, 3.05) is 6.61 Å². The molecule has 0 saturated heterocycles. The van der Waals surface area contributed by atoms with Crippen molar-refractivity contribution in [3.8, 4) is 0 Å². The Labute approximate surface area is 110 Å². The molecule has 0 amide bonds. The Hall–Kier alpha value is -1.43. The minimum absolute atomic E-state index is 0.0121. The molecule has 0 aliphatic rings. The van der Waals surface area contributed by atoms with E-state index in [9.17, 15) is 5.11 Å². The largest absolute Gasteiger partial charge is 0.394 e. The third kappa shape index (κ3) is 2.87. The summed E-state index contributed by atoms with van der Waals surface area (Å²) in [6.07, 6.45) is 0.597. The molecule has 0 aliphatic carbocycles. The Kier molecular flexibility index (Phi) is 4.30. The molecule has 0 radical (unpaired) electrons. The van der Waals surface area contributed by atoms with Crippen molar-refractivity contribution >= 4 is 11.6 Å². The van der Waals surface area contributed by atoms with Gasteiger partial charge in [-0.2, -0.15) is 0 Å². The van der Waals surface area contributed by atoms with Crippen LogP contribution in [-0.2, 0) is 19.6 Å². The molecule has 18 heavy (non-hydrogen) atoms. The van der Waals surface area contributed by atoms with Gasteiger partial charge in [0.2, 0.25) is 0 Å². The average molecular weight is 268 g/mol. The average Bonchev–Trinajstić information content (AvgIpc) is 2.75. The number of halogens is 1. The first kappa shape index (κ1) is 13.0. The van der Waals surface area contributed by atoms with Gasteiger partial charge in [0.1, 0.15) is 5.69 Å². The van der Waals surface area contributed by atoms with Crippen molar-refractivity contribution in [1.82, 2.24) is 15.0 Å². The molecule has 2 N–H and O–H groups in total. The van der Waals surface area contributed by atoms with Gasteiger partial charge in [-0.3, -0.25) is 0 Å². The highest BCUT2D eigenvalue weighted by molar-refractivity contribution is 6.30. The summed E-state index contributed by atoms with van der Waals surface area (Å²) in [6.45, 7) is 0.201. The predicted octanol–water partition coefficient (Wildman–Crippen LogP) is 1.01. The second kappa shape index (κ2) is 5.95. The Morgan fingerprint density at radius 3 is 2.50 bits per heavy atom. The van der Waals surface area contributed by atoms with Crippen molar-refractivity contribution in [3.63, 3.8) is 0 Å². The van der Waals surface area contributed by atoms with E-state index in [1.54, 1.807) is 4.68 Å². The highest BCUT2D eigenvalue weighted by atomic mass is 35.5. The molecule has 0 saturated carbocycles.